The van der Waals surface area contributed by atoms with Crippen LogP contribution in [0, 0.1) is 0 Å². The molecule has 1 unspecified atom stereocenters. The Bertz CT molecular complexity index is 317. The van der Waals surface area contributed by atoms with Crippen molar-refractivity contribution in [3.63, 3.8) is 0 Å². The highest BCUT2D eigenvalue weighted by Crippen LogP contribution is 2.43. The molecule has 0 fully saturated rings. The van der Waals surface area contributed by atoms with Crippen LogP contribution in [0.25, 0.3) is 0 Å². The van der Waals surface area contributed by atoms with Crippen LogP contribution in [0.4, 0.5) is 0 Å². The number of hydrogen-bond donors (Lipinski definition) is 0. The van der Waals surface area contributed by atoms with E-state index < -0.39 is 5.60 Å². The highest BCUT2D eigenvalue weighted by atomic mass is 16.5. The summed E-state index contributed by atoms with van der Waals surface area (Å²) in [5, 5.41) is 0. The smallest absolute Gasteiger partial charge is 0.202 e. The number of carbonyl (C=O) groups is 1. The van der Waals surface area contributed by atoms with Gasteiger partial charge in [0, 0.05) is 19.1 Å². The number of hydrogen-bond acceptors (Lipinski definition) is 3. The first-order valence-electron chi connectivity index (χ1n) is 5.66. The van der Waals surface area contributed by atoms with Gasteiger partial charge in [-0.05, 0) is 12.8 Å². The number of methoxy groups -OCH3 is 2. The molecule has 1 rings (SSSR count). The van der Waals surface area contributed by atoms with E-state index in [9.17, 15) is 4.79 Å². The maximum atomic E-state index is 12.1. The van der Waals surface area contributed by atoms with Crippen LogP contribution in [-0.4, -0.2) is 25.6 Å². The van der Waals surface area contributed by atoms with Crippen LogP contribution in [0.1, 0.15) is 32.6 Å². The quantitative estimate of drug-likeness (QED) is 0.624. The summed E-state index contributed by atoms with van der Waals surface area (Å²) in [6.07, 6.45) is 5.01. The fourth-order valence-electron chi connectivity index (χ4n) is 2.16. The van der Waals surface area contributed by atoms with E-state index in [-0.39, 0.29) is 5.78 Å². The molecule has 0 amide bonds. The minimum absolute atomic E-state index is 0.0557. The summed E-state index contributed by atoms with van der Waals surface area (Å²) in [6.45, 7) is 5.76. The topological polar surface area (TPSA) is 35.5 Å². The highest BCUT2D eigenvalue weighted by molar-refractivity contribution is 6.11. The van der Waals surface area contributed by atoms with Gasteiger partial charge in [0.25, 0.3) is 0 Å². The first-order valence-corrected chi connectivity index (χ1v) is 5.66. The second kappa shape index (κ2) is 5.30. The third-order valence-electron chi connectivity index (χ3n) is 3.05. The van der Waals surface area contributed by atoms with Crippen LogP contribution in [0.5, 0.6) is 0 Å². The molecule has 0 aromatic rings. The molecule has 0 aromatic heterocycles. The third kappa shape index (κ3) is 1.80. The lowest BCUT2D eigenvalue weighted by Crippen LogP contribution is -2.52. The molecule has 0 aliphatic heterocycles. The van der Waals surface area contributed by atoms with Gasteiger partial charge < -0.3 is 9.47 Å². The van der Waals surface area contributed by atoms with E-state index in [1.807, 2.05) is 0 Å². The fourth-order valence-corrected chi connectivity index (χ4v) is 2.16. The van der Waals surface area contributed by atoms with Crippen molar-refractivity contribution < 1.29 is 14.3 Å². The van der Waals surface area contributed by atoms with Gasteiger partial charge in [-0.1, -0.05) is 19.4 Å². The number of rotatable bonds is 7. The number of Topliss-reactive ketones (excluding diaryl/α,β-unsaturated/α-hetero) is 1. The molecular formula is C13H20O3. The zero-order valence-electron chi connectivity index (χ0n) is 10.3. The molecule has 90 valence electrons. The Labute approximate surface area is 97.1 Å². The molecule has 0 bridgehead atoms. The molecule has 3 heteroatoms. The first kappa shape index (κ1) is 13.0. The normalized spacial score (nSPS) is 24.3. The zero-order chi connectivity index (χ0) is 12.2. The van der Waals surface area contributed by atoms with Crippen molar-refractivity contribution in [2.75, 3.05) is 14.2 Å². The van der Waals surface area contributed by atoms with Crippen LogP contribution < -0.4 is 0 Å². The molecule has 0 saturated carbocycles. The fraction of sp³-hybridized carbons (Fsp3) is 0.615. The minimum atomic E-state index is -0.889. The molecule has 3 nitrogen and oxygen atoms in total. The van der Waals surface area contributed by atoms with Crippen LogP contribution in [0.15, 0.2) is 24.0 Å². The maximum absolute atomic E-state index is 12.1. The standard InChI is InChI=1S/C13H20O3/c1-5-7-8-10-11(14)13(16-4,9-6-2)12(10)15-3/h6H,2,5,7-9H2,1,3-4H3. The van der Waals surface area contributed by atoms with Crippen molar-refractivity contribution in [2.45, 2.75) is 38.2 Å². The maximum Gasteiger partial charge on any atom is 0.202 e. The van der Waals surface area contributed by atoms with Crippen molar-refractivity contribution in [1.82, 2.24) is 0 Å². The molecule has 0 saturated heterocycles. The van der Waals surface area contributed by atoms with Gasteiger partial charge in [0.05, 0.1) is 7.11 Å². The molecular weight excluding hydrogens is 204 g/mol. The van der Waals surface area contributed by atoms with Gasteiger partial charge in [0.15, 0.2) is 5.60 Å². The highest BCUT2D eigenvalue weighted by Gasteiger charge is 2.54. The third-order valence-corrected chi connectivity index (χ3v) is 3.05. The zero-order valence-corrected chi connectivity index (χ0v) is 10.3. The van der Waals surface area contributed by atoms with Crippen LogP contribution in [-0.2, 0) is 14.3 Å². The lowest BCUT2D eigenvalue weighted by molar-refractivity contribution is -0.143. The van der Waals surface area contributed by atoms with Crippen LogP contribution in [0.2, 0.25) is 0 Å². The number of ketones is 1. The summed E-state index contributed by atoms with van der Waals surface area (Å²) in [4.78, 5) is 12.1. The van der Waals surface area contributed by atoms with Crippen molar-refractivity contribution in [3.05, 3.63) is 24.0 Å². The first-order chi connectivity index (χ1) is 7.67. The van der Waals surface area contributed by atoms with E-state index in [4.69, 9.17) is 9.47 Å². The van der Waals surface area contributed by atoms with Gasteiger partial charge in [-0.2, -0.15) is 0 Å². The SMILES string of the molecule is C=CCC1(OC)C(=O)C(CCCC)=C1OC. The van der Waals surface area contributed by atoms with E-state index in [2.05, 4.69) is 13.5 Å². The van der Waals surface area contributed by atoms with E-state index in [1.54, 1.807) is 13.2 Å². The summed E-state index contributed by atoms with van der Waals surface area (Å²) >= 11 is 0. The Morgan fingerprint density at radius 2 is 2.12 bits per heavy atom. The summed E-state index contributed by atoms with van der Waals surface area (Å²) in [6, 6.07) is 0. The summed E-state index contributed by atoms with van der Waals surface area (Å²) in [5.41, 5.74) is -0.104. The van der Waals surface area contributed by atoms with Crippen LogP contribution >= 0.6 is 0 Å². The Balaban J connectivity index is 2.95. The molecule has 0 aromatic carbocycles. The molecule has 0 N–H and O–H groups in total. The van der Waals surface area contributed by atoms with Gasteiger partial charge in [-0.3, -0.25) is 4.79 Å². The number of carbonyl (C=O) groups excluding carboxylic acids is 1. The Morgan fingerprint density at radius 3 is 2.56 bits per heavy atom. The monoisotopic (exact) mass is 224 g/mol. The molecule has 1 atom stereocenters. The van der Waals surface area contributed by atoms with E-state index >= 15 is 0 Å². The Morgan fingerprint density at radius 1 is 1.44 bits per heavy atom. The lowest BCUT2D eigenvalue weighted by Gasteiger charge is -2.41. The molecule has 1 aliphatic rings. The van der Waals surface area contributed by atoms with Crippen molar-refractivity contribution in [2.24, 2.45) is 0 Å². The van der Waals surface area contributed by atoms with Crippen LogP contribution in [0.3, 0.4) is 0 Å². The van der Waals surface area contributed by atoms with E-state index in [0.29, 0.717) is 12.2 Å². The van der Waals surface area contributed by atoms with Gasteiger partial charge in [-0.25, -0.2) is 0 Å². The van der Waals surface area contributed by atoms with Crippen molar-refractivity contribution in [1.29, 1.82) is 0 Å². The van der Waals surface area contributed by atoms with Gasteiger partial charge in [0.1, 0.15) is 5.76 Å². The molecule has 16 heavy (non-hydrogen) atoms. The van der Waals surface area contributed by atoms with Crippen molar-refractivity contribution in [3.8, 4) is 0 Å². The summed E-state index contributed by atoms with van der Waals surface area (Å²) in [7, 11) is 3.13. The predicted molar refractivity (Wildman–Crippen MR) is 63.1 cm³/mol. The molecule has 0 heterocycles. The Kier molecular flexibility index (Phi) is 4.30. The van der Waals surface area contributed by atoms with E-state index in [0.717, 1.165) is 24.8 Å². The second-order valence-electron chi connectivity index (χ2n) is 3.97. The van der Waals surface area contributed by atoms with Crippen molar-refractivity contribution >= 4 is 5.78 Å². The predicted octanol–water partition coefficient (Wildman–Crippen LogP) is 2.62. The van der Waals surface area contributed by atoms with Gasteiger partial charge in [-0.15, -0.1) is 6.58 Å². The number of unbranched alkanes of at least 4 members (excludes halogenated alkanes) is 1. The van der Waals surface area contributed by atoms with Gasteiger partial charge in [0.2, 0.25) is 5.78 Å². The molecule has 0 radical (unpaired) electrons. The average molecular weight is 224 g/mol. The minimum Gasteiger partial charge on any atom is -0.497 e. The Hall–Kier alpha value is -1.09. The number of ether oxygens (including phenoxy) is 2. The van der Waals surface area contributed by atoms with E-state index in [1.165, 1.54) is 7.11 Å². The summed E-state index contributed by atoms with van der Waals surface area (Å²) in [5.74, 6) is 0.744. The molecule has 0 spiro atoms. The largest absolute Gasteiger partial charge is 0.497 e. The second-order valence-corrected chi connectivity index (χ2v) is 3.97. The summed E-state index contributed by atoms with van der Waals surface area (Å²) < 4.78 is 10.6. The van der Waals surface area contributed by atoms with Gasteiger partial charge >= 0.3 is 0 Å². The lowest BCUT2D eigenvalue weighted by atomic mass is 9.73. The average Bonchev–Trinajstić information content (AvgIpc) is 2.31. The molecule has 1 aliphatic carbocycles.